The van der Waals surface area contributed by atoms with E-state index in [-0.39, 0.29) is 11.4 Å². The fourth-order valence-corrected chi connectivity index (χ4v) is 3.75. The first-order valence-electron chi connectivity index (χ1n) is 9.67. The van der Waals surface area contributed by atoms with Crippen molar-refractivity contribution in [1.29, 1.82) is 0 Å². The highest BCUT2D eigenvalue weighted by atomic mass is 79.9. The molecule has 0 aliphatic rings. The summed E-state index contributed by atoms with van der Waals surface area (Å²) in [5, 5.41) is 5.04. The second kappa shape index (κ2) is 8.03. The Kier molecular flexibility index (Phi) is 5.41. The minimum absolute atomic E-state index is 0.176. The molecule has 7 nitrogen and oxygen atoms in total. The molecular weight excluding hydrogens is 458 g/mol. The third-order valence-electron chi connectivity index (χ3n) is 4.70. The predicted octanol–water partition coefficient (Wildman–Crippen LogP) is 4.83. The number of rotatable bonds is 3. The van der Waals surface area contributed by atoms with Gasteiger partial charge in [-0.3, -0.25) is 9.59 Å². The Bertz CT molecular complexity index is 1210. The fraction of sp³-hybridized carbons (Fsp3) is 0.174. The molecule has 156 valence electrons. The van der Waals surface area contributed by atoms with Gasteiger partial charge in [0.05, 0.1) is 10.9 Å². The van der Waals surface area contributed by atoms with Crippen molar-refractivity contribution in [2.45, 2.75) is 26.3 Å². The first kappa shape index (κ1) is 20.9. The van der Waals surface area contributed by atoms with Gasteiger partial charge in [0.25, 0.3) is 11.8 Å². The van der Waals surface area contributed by atoms with Gasteiger partial charge in [-0.15, -0.1) is 0 Å². The number of hydrogen-bond acceptors (Lipinski definition) is 5. The molecule has 0 aliphatic heterocycles. The van der Waals surface area contributed by atoms with Crippen LogP contribution in [0.3, 0.4) is 0 Å². The third-order valence-corrected chi connectivity index (χ3v) is 5.25. The number of fused-ring (bicyclic) bond motifs is 1. The summed E-state index contributed by atoms with van der Waals surface area (Å²) in [7, 11) is 0. The summed E-state index contributed by atoms with van der Waals surface area (Å²) in [6, 6.07) is 17.3. The smallest absolute Gasteiger partial charge is 0.266 e. The summed E-state index contributed by atoms with van der Waals surface area (Å²) in [4.78, 5) is 36.9. The molecule has 0 bridgehead atoms. The lowest BCUT2D eigenvalue weighted by atomic mass is 10.1. The summed E-state index contributed by atoms with van der Waals surface area (Å²) in [5.74, 6) is -0.787. The van der Waals surface area contributed by atoms with Crippen molar-refractivity contribution in [1.82, 2.24) is 19.7 Å². The highest BCUT2D eigenvalue weighted by Crippen LogP contribution is 2.34. The number of benzene rings is 2. The maximum Gasteiger partial charge on any atom is 0.266 e. The van der Waals surface area contributed by atoms with Crippen molar-refractivity contribution < 1.29 is 9.59 Å². The van der Waals surface area contributed by atoms with Gasteiger partial charge in [0.2, 0.25) is 0 Å². The number of aromatic nitrogens is 4. The van der Waals surface area contributed by atoms with E-state index in [0.29, 0.717) is 26.8 Å². The van der Waals surface area contributed by atoms with Crippen LogP contribution < -0.4 is 4.90 Å². The number of imide groups is 1. The number of anilines is 1. The van der Waals surface area contributed by atoms with Crippen molar-refractivity contribution in [3.8, 4) is 0 Å². The highest BCUT2D eigenvalue weighted by Gasteiger charge is 2.32. The molecule has 0 atom stereocenters. The average Bonchev–Trinajstić information content (AvgIpc) is 3.13. The van der Waals surface area contributed by atoms with Gasteiger partial charge in [-0.25, -0.2) is 19.5 Å². The van der Waals surface area contributed by atoms with E-state index in [9.17, 15) is 9.59 Å². The van der Waals surface area contributed by atoms with Crippen LogP contribution in [0.2, 0.25) is 0 Å². The lowest BCUT2D eigenvalue weighted by Gasteiger charge is -2.22. The molecule has 0 spiro atoms. The SMILES string of the molecule is CC(C)(C)n1nc(Br)c2c(N(C(=O)c3ccccc3)C(=O)c3ccccc3)ncnc21. The first-order chi connectivity index (χ1) is 14.8. The zero-order valence-electron chi connectivity index (χ0n) is 17.3. The van der Waals surface area contributed by atoms with Crippen LogP contribution >= 0.6 is 15.9 Å². The molecule has 4 aromatic rings. The van der Waals surface area contributed by atoms with Gasteiger partial charge in [-0.1, -0.05) is 36.4 Å². The minimum Gasteiger partial charge on any atom is -0.268 e. The molecule has 0 N–H and O–H groups in total. The zero-order valence-corrected chi connectivity index (χ0v) is 18.9. The molecule has 2 heterocycles. The van der Waals surface area contributed by atoms with E-state index in [2.05, 4.69) is 31.0 Å². The average molecular weight is 478 g/mol. The number of amides is 2. The standard InChI is InChI=1S/C23H20BrN5O2/c1-23(2,3)29-20-17(18(24)27-29)19(25-14-26-20)28(21(30)15-10-6-4-7-11-15)22(31)16-12-8-5-9-13-16/h4-14H,1-3H3. The molecular formula is C23H20BrN5O2. The van der Waals surface area contributed by atoms with Gasteiger partial charge in [0, 0.05) is 11.1 Å². The summed E-state index contributed by atoms with van der Waals surface area (Å²) in [5.41, 5.74) is 0.903. The maximum atomic E-state index is 13.5. The molecule has 2 aromatic carbocycles. The van der Waals surface area contributed by atoms with Crippen LogP contribution in [0, 0.1) is 0 Å². The van der Waals surface area contributed by atoms with Crippen LogP contribution in [-0.2, 0) is 5.54 Å². The van der Waals surface area contributed by atoms with Crippen LogP contribution in [0.4, 0.5) is 5.82 Å². The Balaban J connectivity index is 1.96. The number of hydrogen-bond donors (Lipinski definition) is 0. The van der Waals surface area contributed by atoms with Crippen molar-refractivity contribution in [3.63, 3.8) is 0 Å². The van der Waals surface area contributed by atoms with E-state index in [1.807, 2.05) is 32.9 Å². The minimum atomic E-state index is -0.482. The Morgan fingerprint density at radius 2 is 1.39 bits per heavy atom. The fourth-order valence-electron chi connectivity index (χ4n) is 3.24. The van der Waals surface area contributed by atoms with Crippen LogP contribution in [0.25, 0.3) is 11.0 Å². The van der Waals surface area contributed by atoms with E-state index in [0.717, 1.165) is 4.90 Å². The molecule has 31 heavy (non-hydrogen) atoms. The molecule has 4 rings (SSSR count). The Hall–Kier alpha value is -3.39. The Morgan fingerprint density at radius 1 is 0.871 bits per heavy atom. The summed E-state index contributed by atoms with van der Waals surface area (Å²) >= 11 is 3.48. The van der Waals surface area contributed by atoms with Crippen LogP contribution in [0.5, 0.6) is 0 Å². The molecule has 2 amide bonds. The normalized spacial score (nSPS) is 11.5. The molecule has 0 radical (unpaired) electrons. The van der Waals surface area contributed by atoms with Crippen molar-refractivity contribution in [2.75, 3.05) is 4.90 Å². The lowest BCUT2D eigenvalue weighted by Crippen LogP contribution is -2.38. The summed E-state index contributed by atoms with van der Waals surface area (Å²) in [6.07, 6.45) is 1.34. The van der Waals surface area contributed by atoms with E-state index in [1.54, 1.807) is 53.2 Å². The van der Waals surface area contributed by atoms with E-state index in [1.165, 1.54) is 6.33 Å². The number of nitrogens with zero attached hydrogens (tertiary/aromatic N) is 5. The van der Waals surface area contributed by atoms with Crippen molar-refractivity contribution >= 4 is 44.6 Å². The maximum absolute atomic E-state index is 13.5. The lowest BCUT2D eigenvalue weighted by molar-refractivity contribution is 0.0897. The largest absolute Gasteiger partial charge is 0.268 e. The van der Waals surface area contributed by atoms with Gasteiger partial charge < -0.3 is 0 Å². The second-order valence-electron chi connectivity index (χ2n) is 7.95. The number of halogens is 1. The molecule has 0 aliphatic carbocycles. The highest BCUT2D eigenvalue weighted by molar-refractivity contribution is 9.10. The van der Waals surface area contributed by atoms with E-state index in [4.69, 9.17) is 0 Å². The topological polar surface area (TPSA) is 81.0 Å². The quantitative estimate of drug-likeness (QED) is 0.394. The molecule has 8 heteroatoms. The molecule has 0 saturated carbocycles. The van der Waals surface area contributed by atoms with E-state index >= 15 is 0 Å². The van der Waals surface area contributed by atoms with E-state index < -0.39 is 11.8 Å². The molecule has 0 saturated heterocycles. The van der Waals surface area contributed by atoms with Crippen LogP contribution in [0.1, 0.15) is 41.5 Å². The van der Waals surface area contributed by atoms with Crippen LogP contribution in [-0.4, -0.2) is 31.6 Å². The monoisotopic (exact) mass is 477 g/mol. The van der Waals surface area contributed by atoms with Gasteiger partial charge >= 0.3 is 0 Å². The second-order valence-corrected chi connectivity index (χ2v) is 8.70. The number of carbonyl (C=O) groups excluding carboxylic acids is 2. The van der Waals surface area contributed by atoms with Crippen molar-refractivity contribution in [2.24, 2.45) is 0 Å². The summed E-state index contributed by atoms with van der Waals surface area (Å²) < 4.78 is 2.20. The Morgan fingerprint density at radius 3 is 1.87 bits per heavy atom. The Labute approximate surface area is 187 Å². The van der Waals surface area contributed by atoms with Crippen molar-refractivity contribution in [3.05, 3.63) is 82.7 Å². The predicted molar refractivity (Wildman–Crippen MR) is 122 cm³/mol. The number of carbonyl (C=O) groups is 2. The van der Waals surface area contributed by atoms with Gasteiger partial charge in [0.1, 0.15) is 10.9 Å². The summed E-state index contributed by atoms with van der Waals surface area (Å²) in [6.45, 7) is 5.99. The van der Waals surface area contributed by atoms with Gasteiger partial charge in [-0.05, 0) is 61.0 Å². The molecule has 2 aromatic heterocycles. The molecule has 0 fully saturated rings. The van der Waals surface area contributed by atoms with Gasteiger partial charge in [-0.2, -0.15) is 5.10 Å². The zero-order chi connectivity index (χ0) is 22.2. The van der Waals surface area contributed by atoms with Crippen LogP contribution in [0.15, 0.2) is 71.6 Å². The first-order valence-corrected chi connectivity index (χ1v) is 10.5. The molecule has 0 unspecified atom stereocenters. The third kappa shape index (κ3) is 3.86. The van der Waals surface area contributed by atoms with Gasteiger partial charge in [0.15, 0.2) is 11.5 Å².